The van der Waals surface area contributed by atoms with Gasteiger partial charge in [-0.3, -0.25) is 9.59 Å². The van der Waals surface area contributed by atoms with Crippen LogP contribution >= 0.6 is 34.5 Å². The molecule has 2 aromatic heterocycles. The van der Waals surface area contributed by atoms with Gasteiger partial charge in [0.1, 0.15) is 5.75 Å². The minimum Gasteiger partial charge on any atom is -0.441 e. The van der Waals surface area contributed by atoms with Crippen LogP contribution in [0.15, 0.2) is 70.6 Å². The van der Waals surface area contributed by atoms with Crippen molar-refractivity contribution >= 4 is 52.1 Å². The second-order valence-corrected chi connectivity index (χ2v) is 8.46. The van der Waals surface area contributed by atoms with E-state index in [0.29, 0.717) is 43.6 Å². The first-order valence-electron chi connectivity index (χ1n) is 9.53. The number of carbonyl (C=O) groups is 2. The molecule has 0 radical (unpaired) electrons. The number of hydrogen-bond acceptors (Lipinski definition) is 6. The monoisotopic (exact) mass is 486 g/mol. The highest BCUT2D eigenvalue weighted by Crippen LogP contribution is 2.31. The van der Waals surface area contributed by atoms with E-state index in [2.05, 4.69) is 10.3 Å². The lowest BCUT2D eigenvalue weighted by Gasteiger charge is -2.06. The molecular formula is C23H16Cl2N2O4S. The van der Waals surface area contributed by atoms with E-state index in [1.807, 2.05) is 11.4 Å². The highest BCUT2D eigenvalue weighted by atomic mass is 35.5. The molecule has 0 saturated heterocycles. The minimum absolute atomic E-state index is 0.0885. The number of aryl methyl sites for hydroxylation is 1. The van der Waals surface area contributed by atoms with Gasteiger partial charge in [0.2, 0.25) is 0 Å². The zero-order valence-corrected chi connectivity index (χ0v) is 18.8. The van der Waals surface area contributed by atoms with Crippen molar-refractivity contribution in [2.45, 2.75) is 12.8 Å². The second kappa shape index (κ2) is 9.99. The smallest absolute Gasteiger partial charge is 0.311 e. The van der Waals surface area contributed by atoms with Crippen LogP contribution in [0.2, 0.25) is 10.0 Å². The lowest BCUT2D eigenvalue weighted by Crippen LogP contribution is -2.11. The second-order valence-electron chi connectivity index (χ2n) is 6.67. The molecule has 6 nitrogen and oxygen atoms in total. The summed E-state index contributed by atoms with van der Waals surface area (Å²) in [4.78, 5) is 29.1. The summed E-state index contributed by atoms with van der Waals surface area (Å²) in [5.74, 6) is 0.662. The molecule has 0 atom stereocenters. The molecular weight excluding hydrogens is 471 g/mol. The molecule has 0 aliphatic rings. The van der Waals surface area contributed by atoms with Crippen molar-refractivity contribution in [3.8, 4) is 17.1 Å². The van der Waals surface area contributed by atoms with E-state index in [0.717, 1.165) is 0 Å². The Morgan fingerprint density at radius 1 is 1.09 bits per heavy atom. The largest absolute Gasteiger partial charge is 0.441 e. The topological polar surface area (TPSA) is 81.4 Å². The molecule has 2 aromatic carbocycles. The number of hydrogen-bond donors (Lipinski definition) is 1. The van der Waals surface area contributed by atoms with Gasteiger partial charge in [-0.2, -0.15) is 0 Å². The zero-order chi connectivity index (χ0) is 22.5. The highest BCUT2D eigenvalue weighted by Gasteiger charge is 2.13. The van der Waals surface area contributed by atoms with Crippen LogP contribution in [0.4, 0.5) is 5.69 Å². The van der Waals surface area contributed by atoms with Crippen molar-refractivity contribution in [1.82, 2.24) is 4.98 Å². The maximum absolute atomic E-state index is 12.2. The van der Waals surface area contributed by atoms with E-state index in [1.54, 1.807) is 54.7 Å². The van der Waals surface area contributed by atoms with E-state index in [-0.39, 0.29) is 18.7 Å². The van der Waals surface area contributed by atoms with Gasteiger partial charge in [-0.25, -0.2) is 4.98 Å². The molecule has 0 spiro atoms. The van der Waals surface area contributed by atoms with Gasteiger partial charge in [-0.1, -0.05) is 29.3 Å². The number of halogens is 2. The molecule has 1 amide bonds. The molecule has 0 fully saturated rings. The summed E-state index contributed by atoms with van der Waals surface area (Å²) in [7, 11) is 0. The van der Waals surface area contributed by atoms with Crippen molar-refractivity contribution in [2.24, 2.45) is 0 Å². The summed E-state index contributed by atoms with van der Waals surface area (Å²) < 4.78 is 11.0. The summed E-state index contributed by atoms with van der Waals surface area (Å²) in [5.41, 5.74) is 1.28. The fraction of sp³-hybridized carbons (Fsp3) is 0.0870. The third kappa shape index (κ3) is 5.56. The van der Waals surface area contributed by atoms with Crippen molar-refractivity contribution in [2.75, 3.05) is 5.32 Å². The van der Waals surface area contributed by atoms with Gasteiger partial charge >= 0.3 is 5.97 Å². The number of nitrogens with one attached hydrogen (secondary N) is 1. The van der Waals surface area contributed by atoms with Gasteiger partial charge in [0, 0.05) is 22.7 Å². The van der Waals surface area contributed by atoms with Crippen molar-refractivity contribution < 1.29 is 18.7 Å². The van der Waals surface area contributed by atoms with Crippen LogP contribution in [-0.4, -0.2) is 16.9 Å². The average molecular weight is 487 g/mol. The molecule has 162 valence electrons. The summed E-state index contributed by atoms with van der Waals surface area (Å²) in [5, 5.41) is 5.60. The number of nitrogens with zero attached hydrogens (tertiary/aromatic N) is 1. The predicted octanol–water partition coefficient (Wildman–Crippen LogP) is 6.50. The maximum atomic E-state index is 12.2. The van der Waals surface area contributed by atoms with Crippen LogP contribution in [0, 0.1) is 0 Å². The molecule has 0 aliphatic heterocycles. The number of ether oxygens (including phenoxy) is 1. The minimum atomic E-state index is -0.426. The van der Waals surface area contributed by atoms with Crippen molar-refractivity contribution in [1.29, 1.82) is 0 Å². The Kier molecular flexibility index (Phi) is 6.90. The van der Waals surface area contributed by atoms with Crippen LogP contribution in [0.1, 0.15) is 22.0 Å². The summed E-state index contributed by atoms with van der Waals surface area (Å²) in [6.45, 7) is 0. The van der Waals surface area contributed by atoms with Crippen LogP contribution in [0.3, 0.4) is 0 Å². The maximum Gasteiger partial charge on any atom is 0.311 e. The first-order chi connectivity index (χ1) is 15.5. The highest BCUT2D eigenvalue weighted by molar-refractivity contribution is 7.12. The zero-order valence-electron chi connectivity index (χ0n) is 16.5. The average Bonchev–Trinajstić information content (AvgIpc) is 3.46. The molecule has 4 rings (SSSR count). The van der Waals surface area contributed by atoms with Crippen molar-refractivity contribution in [3.63, 3.8) is 0 Å². The van der Waals surface area contributed by atoms with Crippen LogP contribution in [-0.2, 0) is 11.2 Å². The van der Waals surface area contributed by atoms with Crippen LogP contribution in [0.5, 0.6) is 5.75 Å². The number of oxazole rings is 1. The number of thiophene rings is 1. The van der Waals surface area contributed by atoms with Gasteiger partial charge in [0.15, 0.2) is 11.7 Å². The lowest BCUT2D eigenvalue weighted by molar-refractivity contribution is -0.134. The Bertz CT molecular complexity index is 1240. The van der Waals surface area contributed by atoms with E-state index < -0.39 is 5.97 Å². The van der Waals surface area contributed by atoms with Gasteiger partial charge in [-0.05, 0) is 53.9 Å². The summed E-state index contributed by atoms with van der Waals surface area (Å²) in [6.07, 6.45) is 1.92. The SMILES string of the molecule is O=C(CCc1ncc(-c2ccc(Cl)cc2Cl)o1)Oc1ccc(NC(=O)c2cccs2)cc1. The lowest BCUT2D eigenvalue weighted by atomic mass is 10.2. The molecule has 0 saturated carbocycles. The van der Waals surface area contributed by atoms with Crippen LogP contribution < -0.4 is 10.1 Å². The third-order valence-electron chi connectivity index (χ3n) is 4.38. The number of benzene rings is 2. The number of esters is 1. The molecule has 2 heterocycles. The first-order valence-corrected chi connectivity index (χ1v) is 11.2. The number of amides is 1. The van der Waals surface area contributed by atoms with E-state index in [4.69, 9.17) is 32.4 Å². The van der Waals surface area contributed by atoms with Gasteiger partial charge < -0.3 is 14.5 Å². The van der Waals surface area contributed by atoms with Gasteiger partial charge in [-0.15, -0.1) is 11.3 Å². The van der Waals surface area contributed by atoms with E-state index in [1.165, 1.54) is 11.3 Å². The third-order valence-corrected chi connectivity index (χ3v) is 5.80. The number of carbonyl (C=O) groups excluding carboxylic acids is 2. The Morgan fingerprint density at radius 2 is 1.91 bits per heavy atom. The molecule has 0 aliphatic carbocycles. The normalized spacial score (nSPS) is 10.7. The standard InChI is InChI=1S/C23H16Cl2N2O4S/c24-14-3-8-17(18(25)12-14)19-13-26-21(31-19)9-10-22(28)30-16-6-4-15(5-7-16)27-23(29)20-2-1-11-32-20/h1-8,11-13H,9-10H2,(H,27,29). The molecule has 4 aromatic rings. The predicted molar refractivity (Wildman–Crippen MR) is 125 cm³/mol. The fourth-order valence-electron chi connectivity index (χ4n) is 2.84. The number of anilines is 1. The summed E-state index contributed by atoms with van der Waals surface area (Å²) in [6, 6.07) is 15.2. The molecule has 0 unspecified atom stereocenters. The fourth-order valence-corrected chi connectivity index (χ4v) is 3.96. The molecule has 0 bridgehead atoms. The quantitative estimate of drug-likeness (QED) is 0.238. The van der Waals surface area contributed by atoms with Crippen LogP contribution in [0.25, 0.3) is 11.3 Å². The molecule has 9 heteroatoms. The first kappa shape index (κ1) is 22.1. The number of rotatable bonds is 7. The Balaban J connectivity index is 1.29. The molecule has 1 N–H and O–H groups in total. The Morgan fingerprint density at radius 3 is 2.62 bits per heavy atom. The summed E-state index contributed by atoms with van der Waals surface area (Å²) >= 11 is 13.5. The van der Waals surface area contributed by atoms with E-state index >= 15 is 0 Å². The van der Waals surface area contributed by atoms with Gasteiger partial charge in [0.25, 0.3) is 5.91 Å². The molecule has 32 heavy (non-hydrogen) atoms. The van der Waals surface area contributed by atoms with E-state index in [9.17, 15) is 9.59 Å². The number of aromatic nitrogens is 1. The Hall–Kier alpha value is -3.13. The van der Waals surface area contributed by atoms with Gasteiger partial charge in [0.05, 0.1) is 22.5 Å². The Labute approximate surface area is 197 Å². The van der Waals surface area contributed by atoms with Crippen molar-refractivity contribution in [3.05, 3.63) is 87.0 Å².